The minimum Gasteiger partial charge on any atom is -0.497 e. The predicted octanol–water partition coefficient (Wildman–Crippen LogP) is 2.16. The summed E-state index contributed by atoms with van der Waals surface area (Å²) in [4.78, 5) is 0. The summed E-state index contributed by atoms with van der Waals surface area (Å²) in [7, 11) is 3.68. The third-order valence-corrected chi connectivity index (χ3v) is 2.72. The number of hydrogen-bond donors (Lipinski definition) is 1. The van der Waals surface area contributed by atoms with Gasteiger partial charge >= 0.3 is 0 Å². The summed E-state index contributed by atoms with van der Waals surface area (Å²) in [6.45, 7) is 0.556. The van der Waals surface area contributed by atoms with Crippen molar-refractivity contribution in [2.45, 2.75) is 6.54 Å². The van der Waals surface area contributed by atoms with Gasteiger partial charge in [-0.25, -0.2) is 0 Å². The number of nitrogens with two attached hydrogens (primary N) is 1. The Morgan fingerprint density at radius 1 is 1.25 bits per heavy atom. The van der Waals surface area contributed by atoms with Crippen LogP contribution in [0.1, 0.15) is 5.69 Å². The molecule has 2 rings (SSSR count). The lowest BCUT2D eigenvalue weighted by Crippen LogP contribution is -2.01. The quantitative estimate of drug-likeness (QED) is 0.854. The number of nitrogens with zero attached hydrogens (tertiary/aromatic N) is 1. The SMILES string of the molecule is COc1cccc(-c2cc(CN)n(C)c2)c1. The first-order chi connectivity index (χ1) is 7.74. The minimum atomic E-state index is 0.556. The first-order valence-corrected chi connectivity index (χ1v) is 5.24. The average Bonchev–Trinajstić information content (AvgIpc) is 2.71. The van der Waals surface area contributed by atoms with Gasteiger partial charge in [-0.15, -0.1) is 0 Å². The zero-order chi connectivity index (χ0) is 11.5. The molecule has 84 valence electrons. The van der Waals surface area contributed by atoms with Crippen molar-refractivity contribution in [3.05, 3.63) is 42.2 Å². The van der Waals surface area contributed by atoms with Crippen molar-refractivity contribution in [3.8, 4) is 16.9 Å². The average molecular weight is 216 g/mol. The molecule has 2 N–H and O–H groups in total. The maximum absolute atomic E-state index is 5.65. The van der Waals surface area contributed by atoms with Crippen LogP contribution in [0.3, 0.4) is 0 Å². The van der Waals surface area contributed by atoms with Gasteiger partial charge in [-0.1, -0.05) is 12.1 Å². The standard InChI is InChI=1S/C13H16N2O/c1-15-9-11(6-12(15)8-14)10-4-3-5-13(7-10)16-2/h3-7,9H,8,14H2,1-2H3. The molecule has 0 radical (unpaired) electrons. The molecule has 0 amide bonds. The second-order valence-electron chi connectivity index (χ2n) is 3.77. The van der Waals surface area contributed by atoms with Crippen molar-refractivity contribution in [1.29, 1.82) is 0 Å². The van der Waals surface area contributed by atoms with Gasteiger partial charge in [0.25, 0.3) is 0 Å². The highest BCUT2D eigenvalue weighted by Gasteiger charge is 2.04. The van der Waals surface area contributed by atoms with Gasteiger partial charge in [0.15, 0.2) is 0 Å². The number of hydrogen-bond acceptors (Lipinski definition) is 2. The number of aryl methyl sites for hydroxylation is 1. The third kappa shape index (κ3) is 1.95. The Morgan fingerprint density at radius 2 is 2.06 bits per heavy atom. The lowest BCUT2D eigenvalue weighted by molar-refractivity contribution is 0.415. The van der Waals surface area contributed by atoms with Crippen LogP contribution in [0, 0.1) is 0 Å². The molecule has 0 atom stereocenters. The second kappa shape index (κ2) is 4.41. The zero-order valence-electron chi connectivity index (χ0n) is 9.60. The molecule has 3 nitrogen and oxygen atoms in total. The topological polar surface area (TPSA) is 40.2 Å². The number of methoxy groups -OCH3 is 1. The van der Waals surface area contributed by atoms with E-state index >= 15 is 0 Å². The zero-order valence-corrected chi connectivity index (χ0v) is 9.60. The van der Waals surface area contributed by atoms with Gasteiger partial charge in [0.05, 0.1) is 7.11 Å². The summed E-state index contributed by atoms with van der Waals surface area (Å²) < 4.78 is 7.26. The van der Waals surface area contributed by atoms with E-state index in [-0.39, 0.29) is 0 Å². The van der Waals surface area contributed by atoms with E-state index in [1.165, 1.54) is 5.56 Å². The van der Waals surface area contributed by atoms with E-state index in [4.69, 9.17) is 10.5 Å². The molecule has 3 heteroatoms. The Morgan fingerprint density at radius 3 is 2.69 bits per heavy atom. The van der Waals surface area contributed by atoms with Crippen LogP contribution in [0.15, 0.2) is 36.5 Å². The van der Waals surface area contributed by atoms with Gasteiger partial charge in [0.2, 0.25) is 0 Å². The Hall–Kier alpha value is -1.74. The fourth-order valence-electron chi connectivity index (χ4n) is 1.77. The molecule has 1 heterocycles. The van der Waals surface area contributed by atoms with E-state index in [0.717, 1.165) is 17.0 Å². The Bertz CT molecular complexity index is 488. The van der Waals surface area contributed by atoms with E-state index in [1.54, 1.807) is 7.11 Å². The van der Waals surface area contributed by atoms with Gasteiger partial charge < -0.3 is 15.0 Å². The molecule has 0 fully saturated rings. The fourth-order valence-corrected chi connectivity index (χ4v) is 1.77. The molecule has 2 aromatic rings. The van der Waals surface area contributed by atoms with Gasteiger partial charge in [0, 0.05) is 25.5 Å². The van der Waals surface area contributed by atoms with Gasteiger partial charge in [-0.2, -0.15) is 0 Å². The molecule has 0 saturated carbocycles. The van der Waals surface area contributed by atoms with Crippen molar-refractivity contribution < 1.29 is 4.74 Å². The normalized spacial score (nSPS) is 10.4. The Labute approximate surface area is 95.5 Å². The predicted molar refractivity (Wildman–Crippen MR) is 65.3 cm³/mol. The molecule has 0 unspecified atom stereocenters. The van der Waals surface area contributed by atoms with Crippen LogP contribution in [0.5, 0.6) is 5.75 Å². The molecule has 0 bridgehead atoms. The molecule has 0 aliphatic rings. The summed E-state index contributed by atoms with van der Waals surface area (Å²) in [5.41, 5.74) is 9.09. The highest BCUT2D eigenvalue weighted by atomic mass is 16.5. The van der Waals surface area contributed by atoms with E-state index in [1.807, 2.05) is 25.2 Å². The Balaban J connectivity index is 2.41. The van der Waals surface area contributed by atoms with Crippen molar-refractivity contribution in [1.82, 2.24) is 4.57 Å². The summed E-state index contributed by atoms with van der Waals surface area (Å²) in [5.74, 6) is 0.871. The van der Waals surface area contributed by atoms with Gasteiger partial charge in [-0.05, 0) is 29.3 Å². The van der Waals surface area contributed by atoms with Crippen LogP contribution in [0.2, 0.25) is 0 Å². The Kier molecular flexibility index (Phi) is 2.97. The molecular formula is C13H16N2O. The smallest absolute Gasteiger partial charge is 0.119 e. The van der Waals surface area contributed by atoms with E-state index < -0.39 is 0 Å². The molecule has 0 spiro atoms. The number of ether oxygens (including phenoxy) is 1. The molecular weight excluding hydrogens is 200 g/mol. The van der Waals surface area contributed by atoms with Gasteiger partial charge in [0.1, 0.15) is 5.75 Å². The molecule has 0 saturated heterocycles. The van der Waals surface area contributed by atoms with Crippen LogP contribution in [0.25, 0.3) is 11.1 Å². The van der Waals surface area contributed by atoms with Crippen molar-refractivity contribution in [2.75, 3.05) is 7.11 Å². The largest absolute Gasteiger partial charge is 0.497 e. The van der Waals surface area contributed by atoms with Crippen LogP contribution >= 0.6 is 0 Å². The maximum Gasteiger partial charge on any atom is 0.119 e. The van der Waals surface area contributed by atoms with Crippen molar-refractivity contribution >= 4 is 0 Å². The molecule has 1 aromatic heterocycles. The maximum atomic E-state index is 5.65. The first-order valence-electron chi connectivity index (χ1n) is 5.24. The summed E-state index contributed by atoms with van der Waals surface area (Å²) in [5, 5.41) is 0. The number of aromatic nitrogens is 1. The van der Waals surface area contributed by atoms with E-state index in [0.29, 0.717) is 6.54 Å². The number of rotatable bonds is 3. The minimum absolute atomic E-state index is 0.556. The monoisotopic (exact) mass is 216 g/mol. The van der Waals surface area contributed by atoms with Crippen LogP contribution in [-0.4, -0.2) is 11.7 Å². The molecule has 0 aliphatic carbocycles. The van der Waals surface area contributed by atoms with Crippen LogP contribution in [-0.2, 0) is 13.6 Å². The van der Waals surface area contributed by atoms with Crippen molar-refractivity contribution in [2.24, 2.45) is 12.8 Å². The summed E-state index contributed by atoms with van der Waals surface area (Å²) >= 11 is 0. The number of benzene rings is 1. The third-order valence-electron chi connectivity index (χ3n) is 2.72. The van der Waals surface area contributed by atoms with Gasteiger partial charge in [-0.3, -0.25) is 0 Å². The van der Waals surface area contributed by atoms with Crippen molar-refractivity contribution in [3.63, 3.8) is 0 Å². The molecule has 0 aliphatic heterocycles. The second-order valence-corrected chi connectivity index (χ2v) is 3.77. The fraction of sp³-hybridized carbons (Fsp3) is 0.231. The van der Waals surface area contributed by atoms with Crippen LogP contribution in [0.4, 0.5) is 0 Å². The molecule has 1 aromatic carbocycles. The van der Waals surface area contributed by atoms with E-state index in [2.05, 4.69) is 22.9 Å². The van der Waals surface area contributed by atoms with E-state index in [9.17, 15) is 0 Å². The first kappa shape index (κ1) is 10.8. The lowest BCUT2D eigenvalue weighted by atomic mass is 10.1. The molecule has 16 heavy (non-hydrogen) atoms. The summed E-state index contributed by atoms with van der Waals surface area (Å²) in [6, 6.07) is 10.1. The summed E-state index contributed by atoms with van der Waals surface area (Å²) in [6.07, 6.45) is 2.08. The lowest BCUT2D eigenvalue weighted by Gasteiger charge is -2.01. The highest BCUT2D eigenvalue weighted by Crippen LogP contribution is 2.25. The highest BCUT2D eigenvalue weighted by molar-refractivity contribution is 5.65. The van der Waals surface area contributed by atoms with Crippen LogP contribution < -0.4 is 10.5 Å².